The monoisotopic (exact) mass is 482 g/mol. The molecule has 3 rings (SSSR count). The first-order valence-electron chi connectivity index (χ1n) is 9.75. The number of non-ortho nitro benzene ring substituents is 1. The molecule has 0 aliphatic heterocycles. The second kappa shape index (κ2) is 8.62. The van der Waals surface area contributed by atoms with Crippen LogP contribution < -0.4 is 15.4 Å². The Bertz CT molecular complexity index is 1290. The summed E-state index contributed by atoms with van der Waals surface area (Å²) >= 11 is 0. The second-order valence-electron chi connectivity index (χ2n) is 7.95. The Balaban J connectivity index is 2.14. The Morgan fingerprint density at radius 1 is 1.15 bits per heavy atom. The lowest BCUT2D eigenvalue weighted by molar-refractivity contribution is -0.385. The van der Waals surface area contributed by atoms with E-state index in [0.717, 1.165) is 12.1 Å². The van der Waals surface area contributed by atoms with Crippen LogP contribution in [-0.4, -0.2) is 35.3 Å². The van der Waals surface area contributed by atoms with E-state index in [-0.39, 0.29) is 5.56 Å². The lowest BCUT2D eigenvalue weighted by Gasteiger charge is -2.19. The van der Waals surface area contributed by atoms with E-state index in [1.807, 2.05) is 0 Å². The Hall–Kier alpha value is -3.20. The molecule has 1 aromatic heterocycles. The molecule has 1 N–H and O–H groups in total. The van der Waals surface area contributed by atoms with Gasteiger partial charge in [0.15, 0.2) is 0 Å². The largest absolute Gasteiger partial charge is 0.496 e. The van der Waals surface area contributed by atoms with E-state index in [4.69, 9.17) is 4.74 Å². The third-order valence-electron chi connectivity index (χ3n) is 5.02. The first-order chi connectivity index (χ1) is 15.2. The number of methoxy groups -OCH3 is 1. The second-order valence-corrected chi connectivity index (χ2v) is 11.1. The molecule has 0 aliphatic carbocycles. The van der Waals surface area contributed by atoms with Crippen LogP contribution in [-0.2, 0) is 10.7 Å². The number of aryl methyl sites for hydroxylation is 1. The normalized spacial score (nSPS) is 13.1. The fourth-order valence-electron chi connectivity index (χ4n) is 3.40. The van der Waals surface area contributed by atoms with Crippen molar-refractivity contribution in [1.29, 1.82) is 0 Å². The number of alkyl halides is 3. The summed E-state index contributed by atoms with van der Waals surface area (Å²) in [7, 11) is -1.30. The highest BCUT2D eigenvalue weighted by molar-refractivity contribution is 7.70. The number of rotatable bonds is 6. The van der Waals surface area contributed by atoms with Crippen molar-refractivity contribution >= 4 is 34.9 Å². The minimum absolute atomic E-state index is 0.0614. The molecule has 176 valence electrons. The van der Waals surface area contributed by atoms with Crippen LogP contribution in [0.2, 0.25) is 0 Å². The van der Waals surface area contributed by atoms with Crippen LogP contribution in [0, 0.1) is 17.0 Å². The number of benzene rings is 2. The predicted octanol–water partition coefficient (Wildman–Crippen LogP) is 5.29. The number of nitrogens with zero attached hydrogens (tertiary/aromatic N) is 3. The number of hydrogen-bond donors (Lipinski definition) is 1. The lowest BCUT2D eigenvalue weighted by Crippen LogP contribution is -2.14. The third-order valence-corrected chi connectivity index (χ3v) is 6.53. The summed E-state index contributed by atoms with van der Waals surface area (Å²) in [5.41, 5.74) is -1.23. The van der Waals surface area contributed by atoms with Gasteiger partial charge in [-0.15, -0.1) is 0 Å². The zero-order valence-electron chi connectivity index (χ0n) is 18.5. The van der Waals surface area contributed by atoms with E-state index < -0.39 is 35.5 Å². The molecule has 8 nitrogen and oxygen atoms in total. The van der Waals surface area contributed by atoms with E-state index in [0.29, 0.717) is 39.7 Å². The maximum absolute atomic E-state index is 13.3. The summed E-state index contributed by atoms with van der Waals surface area (Å²) in [6.45, 7) is 6.39. The van der Waals surface area contributed by atoms with Crippen molar-refractivity contribution in [3.8, 4) is 5.75 Å². The van der Waals surface area contributed by atoms with Gasteiger partial charge in [-0.2, -0.15) is 13.2 Å². The van der Waals surface area contributed by atoms with Gasteiger partial charge in [-0.25, -0.2) is 9.97 Å². The lowest BCUT2D eigenvalue weighted by atomic mass is 10.0. The van der Waals surface area contributed by atoms with Crippen LogP contribution >= 0.6 is 7.14 Å². The maximum atomic E-state index is 13.3. The van der Waals surface area contributed by atoms with Gasteiger partial charge in [-0.3, -0.25) is 10.1 Å². The number of halogens is 3. The maximum Gasteiger partial charge on any atom is 0.416 e. The van der Waals surface area contributed by atoms with E-state index >= 15 is 0 Å². The topological polar surface area (TPSA) is 107 Å². The third kappa shape index (κ3) is 5.24. The standard InChI is InChI=1S/C21H22F3N4O4P/c1-11(13-6-14(21(22,23)24)8-15(7-13)28(29)30)25-20-16-9-19(33(4,5)31)18(32-3)10-17(16)26-12(2)27-20/h6-11H,1-5H3,(H,25,26,27)/t11-/m1/s1. The molecular formula is C21H22F3N4O4P. The molecule has 12 heteroatoms. The van der Waals surface area contributed by atoms with Gasteiger partial charge in [0.1, 0.15) is 24.5 Å². The number of anilines is 1. The first-order valence-corrected chi connectivity index (χ1v) is 12.4. The van der Waals surface area contributed by atoms with Crippen LogP contribution in [0.1, 0.15) is 29.9 Å². The van der Waals surface area contributed by atoms with Crippen LogP contribution in [0.3, 0.4) is 0 Å². The predicted molar refractivity (Wildman–Crippen MR) is 120 cm³/mol. The van der Waals surface area contributed by atoms with E-state index in [1.165, 1.54) is 7.11 Å². The summed E-state index contributed by atoms with van der Waals surface area (Å²) in [6.07, 6.45) is -4.74. The molecule has 0 amide bonds. The fourth-order valence-corrected chi connectivity index (χ4v) is 4.52. The molecule has 0 fully saturated rings. The molecule has 1 heterocycles. The number of nitro benzene ring substituents is 1. The minimum atomic E-state index is -4.74. The van der Waals surface area contributed by atoms with Gasteiger partial charge in [0.05, 0.1) is 34.5 Å². The van der Waals surface area contributed by atoms with Crippen molar-refractivity contribution in [3.05, 3.63) is 57.4 Å². The SMILES string of the molecule is COc1cc2nc(C)nc(N[C@H](C)c3cc([N+](=O)[O-])cc(C(F)(F)F)c3)c2cc1P(C)(C)=O. The van der Waals surface area contributed by atoms with Gasteiger partial charge in [-0.1, -0.05) is 0 Å². The molecule has 0 radical (unpaired) electrons. The summed E-state index contributed by atoms with van der Waals surface area (Å²) in [4.78, 5) is 19.1. The molecular weight excluding hydrogens is 460 g/mol. The quantitative estimate of drug-likeness (QED) is 0.289. The van der Waals surface area contributed by atoms with E-state index in [2.05, 4.69) is 15.3 Å². The van der Waals surface area contributed by atoms with E-state index in [9.17, 15) is 27.9 Å². The fraction of sp³-hybridized carbons (Fsp3) is 0.333. The highest BCUT2D eigenvalue weighted by Crippen LogP contribution is 2.41. The van der Waals surface area contributed by atoms with Crippen molar-refractivity contribution < 1.29 is 27.4 Å². The number of ether oxygens (including phenoxy) is 1. The van der Waals surface area contributed by atoms with Crippen LogP contribution in [0.4, 0.5) is 24.7 Å². The highest BCUT2D eigenvalue weighted by atomic mass is 31.2. The zero-order valence-corrected chi connectivity index (χ0v) is 19.4. The molecule has 0 saturated heterocycles. The average Bonchev–Trinajstić information content (AvgIpc) is 2.70. The molecule has 0 unspecified atom stereocenters. The Labute approximate surface area is 187 Å². The zero-order chi connectivity index (χ0) is 24.7. The van der Waals surface area contributed by atoms with E-state index in [1.54, 1.807) is 39.3 Å². The molecule has 1 atom stereocenters. The Morgan fingerprint density at radius 2 is 1.82 bits per heavy atom. The van der Waals surface area contributed by atoms with Crippen LogP contribution in [0.25, 0.3) is 10.9 Å². The minimum Gasteiger partial charge on any atom is -0.496 e. The van der Waals surface area contributed by atoms with Gasteiger partial charge < -0.3 is 14.6 Å². The smallest absolute Gasteiger partial charge is 0.416 e. The molecule has 3 aromatic rings. The van der Waals surface area contributed by atoms with Gasteiger partial charge in [0, 0.05) is 23.6 Å². The van der Waals surface area contributed by atoms with Gasteiger partial charge in [0.25, 0.3) is 5.69 Å². The number of fused-ring (bicyclic) bond motifs is 1. The Morgan fingerprint density at radius 3 is 2.36 bits per heavy atom. The van der Waals surface area contributed by atoms with Gasteiger partial charge >= 0.3 is 6.18 Å². The van der Waals surface area contributed by atoms with Crippen molar-refractivity contribution in [2.75, 3.05) is 25.8 Å². The number of hydrogen-bond acceptors (Lipinski definition) is 7. The molecule has 0 aliphatic rings. The summed E-state index contributed by atoms with van der Waals surface area (Å²) in [5, 5.41) is 15.2. The molecule has 0 bridgehead atoms. The van der Waals surface area contributed by atoms with Crippen molar-refractivity contribution in [2.45, 2.75) is 26.1 Å². The van der Waals surface area contributed by atoms with Crippen LogP contribution in [0.15, 0.2) is 30.3 Å². The summed E-state index contributed by atoms with van der Waals surface area (Å²) in [6, 6.07) is 4.94. The van der Waals surface area contributed by atoms with Crippen molar-refractivity contribution in [2.24, 2.45) is 0 Å². The van der Waals surface area contributed by atoms with Gasteiger partial charge in [0.2, 0.25) is 0 Å². The number of nitro groups is 1. The first kappa shape index (κ1) is 24.4. The average molecular weight is 482 g/mol. The van der Waals surface area contributed by atoms with Crippen molar-refractivity contribution in [1.82, 2.24) is 9.97 Å². The Kier molecular flexibility index (Phi) is 6.39. The summed E-state index contributed by atoms with van der Waals surface area (Å²) in [5.74, 6) is 1.09. The molecule has 33 heavy (non-hydrogen) atoms. The highest BCUT2D eigenvalue weighted by Gasteiger charge is 2.33. The molecule has 0 spiro atoms. The molecule has 0 saturated carbocycles. The number of aromatic nitrogens is 2. The van der Waals surface area contributed by atoms with Crippen molar-refractivity contribution in [3.63, 3.8) is 0 Å². The number of nitrogens with one attached hydrogen (secondary N) is 1. The van der Waals surface area contributed by atoms with Gasteiger partial charge in [-0.05, 0) is 44.9 Å². The summed E-state index contributed by atoms with van der Waals surface area (Å²) < 4.78 is 58.0. The van der Waals surface area contributed by atoms with Crippen LogP contribution in [0.5, 0.6) is 5.75 Å². The molecule has 2 aromatic carbocycles.